The fourth-order valence-corrected chi connectivity index (χ4v) is 3.98. The number of rotatable bonds is 8. The molecule has 0 aromatic carbocycles. The molecular formula is C16H21N3O2S2. The standard InChI is InChI=1S/C16H21N3O2S2/c1-4-7-17-13(20)10-22-16-18-14-12(9-11(6-3)23-14)15(21)19(16)8-5-2/h4,9H,1,5-8,10H2,2-3H3,(H,17,20). The van der Waals surface area contributed by atoms with Crippen LogP contribution in [0.5, 0.6) is 0 Å². The molecule has 0 fully saturated rings. The molecule has 2 aromatic heterocycles. The van der Waals surface area contributed by atoms with Crippen LogP contribution in [0.25, 0.3) is 10.2 Å². The van der Waals surface area contributed by atoms with Crippen LogP contribution in [0.4, 0.5) is 0 Å². The van der Waals surface area contributed by atoms with Crippen LogP contribution in [0.3, 0.4) is 0 Å². The van der Waals surface area contributed by atoms with Crippen molar-refractivity contribution in [2.75, 3.05) is 12.3 Å². The van der Waals surface area contributed by atoms with Gasteiger partial charge in [-0.15, -0.1) is 17.9 Å². The van der Waals surface area contributed by atoms with Gasteiger partial charge in [0.2, 0.25) is 5.91 Å². The Morgan fingerprint density at radius 1 is 1.52 bits per heavy atom. The van der Waals surface area contributed by atoms with E-state index in [4.69, 9.17) is 0 Å². The SMILES string of the molecule is C=CCNC(=O)CSc1nc2sc(CC)cc2c(=O)n1CCC. The number of hydrogen-bond acceptors (Lipinski definition) is 5. The first-order valence-corrected chi connectivity index (χ1v) is 9.44. The van der Waals surface area contributed by atoms with Crippen molar-refractivity contribution >= 4 is 39.2 Å². The second-order valence-corrected chi connectivity index (χ2v) is 7.08. The first-order valence-electron chi connectivity index (χ1n) is 7.64. The predicted octanol–water partition coefficient (Wildman–Crippen LogP) is 2.82. The van der Waals surface area contributed by atoms with Crippen LogP contribution in [0.2, 0.25) is 0 Å². The monoisotopic (exact) mass is 351 g/mol. The second-order valence-electron chi connectivity index (χ2n) is 5.02. The van der Waals surface area contributed by atoms with Crippen molar-refractivity contribution < 1.29 is 4.79 Å². The lowest BCUT2D eigenvalue weighted by Gasteiger charge is -2.10. The van der Waals surface area contributed by atoms with E-state index in [1.54, 1.807) is 22.0 Å². The highest BCUT2D eigenvalue weighted by atomic mass is 32.2. The van der Waals surface area contributed by atoms with Crippen LogP contribution >= 0.6 is 23.1 Å². The molecule has 2 aromatic rings. The van der Waals surface area contributed by atoms with Gasteiger partial charge in [0.1, 0.15) is 4.83 Å². The van der Waals surface area contributed by atoms with Crippen LogP contribution in [0.15, 0.2) is 28.7 Å². The van der Waals surface area contributed by atoms with Crippen LogP contribution in [-0.4, -0.2) is 27.8 Å². The highest BCUT2D eigenvalue weighted by molar-refractivity contribution is 7.99. The van der Waals surface area contributed by atoms with E-state index in [0.717, 1.165) is 22.5 Å². The normalized spacial score (nSPS) is 10.9. The molecule has 124 valence electrons. The van der Waals surface area contributed by atoms with E-state index in [1.807, 2.05) is 13.0 Å². The third kappa shape index (κ3) is 4.23. The maximum atomic E-state index is 12.7. The second kappa shape index (κ2) is 8.31. The number of nitrogens with one attached hydrogen (secondary N) is 1. The van der Waals surface area contributed by atoms with Crippen LogP contribution in [-0.2, 0) is 17.8 Å². The minimum Gasteiger partial charge on any atom is -0.352 e. The summed E-state index contributed by atoms with van der Waals surface area (Å²) in [4.78, 5) is 31.0. The number of carbonyl (C=O) groups excluding carboxylic acids is 1. The molecule has 1 N–H and O–H groups in total. The number of thiophene rings is 1. The number of aryl methyl sites for hydroxylation is 1. The molecule has 1 amide bonds. The van der Waals surface area contributed by atoms with Gasteiger partial charge >= 0.3 is 0 Å². The average Bonchev–Trinajstić information content (AvgIpc) is 2.97. The number of carbonyl (C=O) groups is 1. The number of thioether (sulfide) groups is 1. The van der Waals surface area contributed by atoms with Gasteiger partial charge in [-0.05, 0) is 18.9 Å². The summed E-state index contributed by atoms with van der Waals surface area (Å²) >= 11 is 2.85. The molecule has 0 saturated carbocycles. The molecule has 0 unspecified atom stereocenters. The molecule has 0 radical (unpaired) electrons. The van der Waals surface area contributed by atoms with Crippen molar-refractivity contribution in [3.05, 3.63) is 34.0 Å². The summed E-state index contributed by atoms with van der Waals surface area (Å²) in [5, 5.41) is 4.02. The maximum Gasteiger partial charge on any atom is 0.262 e. The van der Waals surface area contributed by atoms with E-state index in [0.29, 0.717) is 23.6 Å². The van der Waals surface area contributed by atoms with Gasteiger partial charge in [-0.3, -0.25) is 14.2 Å². The van der Waals surface area contributed by atoms with Gasteiger partial charge in [-0.1, -0.05) is 31.7 Å². The van der Waals surface area contributed by atoms with Gasteiger partial charge in [0.15, 0.2) is 5.16 Å². The van der Waals surface area contributed by atoms with Crippen LogP contribution < -0.4 is 10.9 Å². The maximum absolute atomic E-state index is 12.7. The van der Waals surface area contributed by atoms with E-state index in [1.165, 1.54) is 11.8 Å². The number of fused-ring (bicyclic) bond motifs is 1. The van der Waals surface area contributed by atoms with E-state index < -0.39 is 0 Å². The Balaban J connectivity index is 2.32. The number of hydrogen-bond donors (Lipinski definition) is 1. The third-order valence-corrected chi connectivity index (χ3v) is 5.39. The number of aromatic nitrogens is 2. The summed E-state index contributed by atoms with van der Waals surface area (Å²) in [6.45, 7) is 8.70. The van der Waals surface area contributed by atoms with Crippen LogP contribution in [0, 0.1) is 0 Å². The topological polar surface area (TPSA) is 64.0 Å². The molecule has 0 aliphatic carbocycles. The molecule has 2 heterocycles. The molecule has 0 spiro atoms. The predicted molar refractivity (Wildman–Crippen MR) is 97.5 cm³/mol. The summed E-state index contributed by atoms with van der Waals surface area (Å²) in [5.41, 5.74) is -0.0122. The largest absolute Gasteiger partial charge is 0.352 e. The van der Waals surface area contributed by atoms with Crippen molar-refractivity contribution in [2.24, 2.45) is 0 Å². The Labute approximate surface area is 143 Å². The third-order valence-electron chi connectivity index (χ3n) is 3.24. The zero-order chi connectivity index (χ0) is 16.8. The van der Waals surface area contributed by atoms with Gasteiger partial charge in [-0.25, -0.2) is 4.98 Å². The molecule has 0 aliphatic heterocycles. The van der Waals surface area contributed by atoms with Crippen molar-refractivity contribution in [1.29, 1.82) is 0 Å². The molecular weight excluding hydrogens is 330 g/mol. The quantitative estimate of drug-likeness (QED) is 0.451. The molecule has 0 bridgehead atoms. The Hall–Kier alpha value is -1.60. The zero-order valence-corrected chi connectivity index (χ0v) is 15.1. The van der Waals surface area contributed by atoms with Crippen LogP contribution in [0.1, 0.15) is 25.1 Å². The van der Waals surface area contributed by atoms with Crippen molar-refractivity contribution in [3.8, 4) is 0 Å². The Morgan fingerprint density at radius 3 is 2.96 bits per heavy atom. The molecule has 23 heavy (non-hydrogen) atoms. The minimum absolute atomic E-state index is 0.0122. The zero-order valence-electron chi connectivity index (χ0n) is 13.4. The van der Waals surface area contributed by atoms with Gasteiger partial charge in [0, 0.05) is 18.0 Å². The van der Waals surface area contributed by atoms with Crippen molar-refractivity contribution in [1.82, 2.24) is 14.9 Å². The van der Waals surface area contributed by atoms with Crippen molar-refractivity contribution in [3.63, 3.8) is 0 Å². The lowest BCUT2D eigenvalue weighted by molar-refractivity contribution is -0.118. The average molecular weight is 351 g/mol. The molecule has 5 nitrogen and oxygen atoms in total. The Kier molecular flexibility index (Phi) is 6.41. The van der Waals surface area contributed by atoms with Gasteiger partial charge in [0.05, 0.1) is 11.1 Å². The highest BCUT2D eigenvalue weighted by Gasteiger charge is 2.14. The first-order chi connectivity index (χ1) is 11.1. The molecule has 0 aliphatic rings. The van der Waals surface area contributed by atoms with E-state index in [-0.39, 0.29) is 17.2 Å². The first kappa shape index (κ1) is 17.7. The smallest absolute Gasteiger partial charge is 0.262 e. The summed E-state index contributed by atoms with van der Waals surface area (Å²) in [5.74, 6) is 0.148. The molecule has 0 atom stereocenters. The Bertz CT molecular complexity index is 765. The van der Waals surface area contributed by atoms with Gasteiger partial charge in [-0.2, -0.15) is 0 Å². The molecule has 2 rings (SSSR count). The van der Waals surface area contributed by atoms with Gasteiger partial charge < -0.3 is 5.32 Å². The van der Waals surface area contributed by atoms with E-state index >= 15 is 0 Å². The van der Waals surface area contributed by atoms with E-state index in [2.05, 4.69) is 23.8 Å². The van der Waals surface area contributed by atoms with Gasteiger partial charge in [0.25, 0.3) is 5.56 Å². The number of nitrogens with zero attached hydrogens (tertiary/aromatic N) is 2. The number of amides is 1. The van der Waals surface area contributed by atoms with Crippen molar-refractivity contribution in [2.45, 2.75) is 38.4 Å². The summed E-state index contributed by atoms with van der Waals surface area (Å²) in [7, 11) is 0. The summed E-state index contributed by atoms with van der Waals surface area (Å²) in [6.07, 6.45) is 3.37. The Morgan fingerprint density at radius 2 is 2.30 bits per heavy atom. The lowest BCUT2D eigenvalue weighted by Crippen LogP contribution is -2.26. The summed E-state index contributed by atoms with van der Waals surface area (Å²) in [6, 6.07) is 1.94. The molecule has 0 saturated heterocycles. The van der Waals surface area contributed by atoms with E-state index in [9.17, 15) is 9.59 Å². The fourth-order valence-electron chi connectivity index (χ4n) is 2.12. The lowest BCUT2D eigenvalue weighted by atomic mass is 10.3. The highest BCUT2D eigenvalue weighted by Crippen LogP contribution is 2.25. The molecule has 7 heteroatoms. The fraction of sp³-hybridized carbons (Fsp3) is 0.438. The summed E-state index contributed by atoms with van der Waals surface area (Å²) < 4.78 is 1.68. The minimum atomic E-state index is -0.0901.